The maximum atomic E-state index is 4.12. The molecule has 1 unspecified atom stereocenters. The molecular weight excluding hydrogens is 258 g/mol. The second-order valence-electron chi connectivity index (χ2n) is 5.09. The molecule has 3 rings (SSSR count). The number of hydrogen-bond acceptors (Lipinski definition) is 2. The van der Waals surface area contributed by atoms with Crippen LogP contribution in [0.5, 0.6) is 0 Å². The highest BCUT2D eigenvalue weighted by Gasteiger charge is 2.11. The summed E-state index contributed by atoms with van der Waals surface area (Å²) in [6.45, 7) is 1.73. The second kappa shape index (κ2) is 6.86. The zero-order valence-corrected chi connectivity index (χ0v) is 11.9. The minimum atomic E-state index is 0.264. The second-order valence-corrected chi connectivity index (χ2v) is 5.09. The molecule has 2 aromatic carbocycles. The molecule has 106 valence electrons. The van der Waals surface area contributed by atoms with Crippen molar-refractivity contribution in [2.75, 3.05) is 0 Å². The molecule has 0 aliphatic carbocycles. The maximum Gasteiger partial charge on any atom is 0.0946 e. The lowest BCUT2D eigenvalue weighted by Gasteiger charge is -2.20. The molecule has 1 atom stereocenters. The number of rotatable bonds is 6. The van der Waals surface area contributed by atoms with Crippen molar-refractivity contribution in [3.8, 4) is 0 Å². The average molecular weight is 277 g/mol. The van der Waals surface area contributed by atoms with Crippen molar-refractivity contribution in [2.45, 2.75) is 19.1 Å². The van der Waals surface area contributed by atoms with Crippen molar-refractivity contribution in [1.82, 2.24) is 14.9 Å². The molecule has 0 bridgehead atoms. The standard InChI is InChI=1S/C18H19N3/c1-3-7-16(8-4-1)13-20-18(14-21-12-11-19-15-21)17-9-5-2-6-10-17/h1-12,15,18,20H,13-14H2. The number of hydrogen-bond donors (Lipinski definition) is 1. The molecule has 0 aliphatic heterocycles. The third-order valence-electron chi connectivity index (χ3n) is 3.55. The topological polar surface area (TPSA) is 29.9 Å². The third-order valence-corrected chi connectivity index (χ3v) is 3.55. The molecule has 1 aromatic heterocycles. The van der Waals surface area contributed by atoms with Gasteiger partial charge in [-0.05, 0) is 11.1 Å². The van der Waals surface area contributed by atoms with Crippen LogP contribution in [0.3, 0.4) is 0 Å². The fraction of sp³-hybridized carbons (Fsp3) is 0.167. The Kier molecular flexibility index (Phi) is 4.44. The van der Waals surface area contributed by atoms with Gasteiger partial charge in [-0.1, -0.05) is 60.7 Å². The molecule has 0 saturated carbocycles. The van der Waals surface area contributed by atoms with Gasteiger partial charge in [0.25, 0.3) is 0 Å². The van der Waals surface area contributed by atoms with E-state index in [0.717, 1.165) is 13.1 Å². The molecule has 0 amide bonds. The minimum Gasteiger partial charge on any atom is -0.336 e. The van der Waals surface area contributed by atoms with E-state index in [-0.39, 0.29) is 6.04 Å². The van der Waals surface area contributed by atoms with Gasteiger partial charge in [-0.3, -0.25) is 0 Å². The van der Waals surface area contributed by atoms with Gasteiger partial charge in [0.1, 0.15) is 0 Å². The largest absolute Gasteiger partial charge is 0.336 e. The van der Waals surface area contributed by atoms with Crippen LogP contribution in [0.4, 0.5) is 0 Å². The molecule has 21 heavy (non-hydrogen) atoms. The van der Waals surface area contributed by atoms with Crippen LogP contribution < -0.4 is 5.32 Å². The van der Waals surface area contributed by atoms with Gasteiger partial charge >= 0.3 is 0 Å². The summed E-state index contributed by atoms with van der Waals surface area (Å²) in [5.41, 5.74) is 2.59. The molecule has 1 N–H and O–H groups in total. The molecule has 0 saturated heterocycles. The molecular formula is C18H19N3. The Morgan fingerprint density at radius 3 is 2.33 bits per heavy atom. The van der Waals surface area contributed by atoms with Gasteiger partial charge in [0.15, 0.2) is 0 Å². The summed E-state index contributed by atoms with van der Waals surface area (Å²) in [4.78, 5) is 4.12. The summed E-state index contributed by atoms with van der Waals surface area (Å²) < 4.78 is 2.11. The normalized spacial score (nSPS) is 12.2. The van der Waals surface area contributed by atoms with Gasteiger partial charge < -0.3 is 9.88 Å². The fourth-order valence-corrected chi connectivity index (χ4v) is 2.42. The van der Waals surface area contributed by atoms with Crippen molar-refractivity contribution in [1.29, 1.82) is 0 Å². The monoisotopic (exact) mass is 277 g/mol. The lowest BCUT2D eigenvalue weighted by Crippen LogP contribution is -2.25. The number of nitrogens with zero attached hydrogens (tertiary/aromatic N) is 2. The highest BCUT2D eigenvalue weighted by atomic mass is 15.1. The van der Waals surface area contributed by atoms with Crippen LogP contribution in [0.25, 0.3) is 0 Å². The third kappa shape index (κ3) is 3.80. The smallest absolute Gasteiger partial charge is 0.0946 e. The van der Waals surface area contributed by atoms with Crippen molar-refractivity contribution in [2.24, 2.45) is 0 Å². The van der Waals surface area contributed by atoms with E-state index >= 15 is 0 Å². The molecule has 1 heterocycles. The number of nitrogens with one attached hydrogen (secondary N) is 1. The quantitative estimate of drug-likeness (QED) is 0.748. The van der Waals surface area contributed by atoms with Crippen LogP contribution in [-0.4, -0.2) is 9.55 Å². The van der Waals surface area contributed by atoms with E-state index in [4.69, 9.17) is 0 Å². The first-order valence-electron chi connectivity index (χ1n) is 7.20. The summed E-state index contributed by atoms with van der Waals surface area (Å²) in [5, 5.41) is 3.64. The fourth-order valence-electron chi connectivity index (χ4n) is 2.42. The number of benzene rings is 2. The predicted octanol–water partition coefficient (Wildman–Crippen LogP) is 3.41. The van der Waals surface area contributed by atoms with Crippen LogP contribution in [-0.2, 0) is 13.1 Å². The first kappa shape index (κ1) is 13.6. The minimum absolute atomic E-state index is 0.264. The molecule has 0 radical (unpaired) electrons. The van der Waals surface area contributed by atoms with Gasteiger partial charge in [-0.2, -0.15) is 0 Å². The summed E-state index contributed by atoms with van der Waals surface area (Å²) >= 11 is 0. The molecule has 0 aliphatic rings. The van der Waals surface area contributed by atoms with Crippen LogP contribution >= 0.6 is 0 Å². The lowest BCUT2D eigenvalue weighted by molar-refractivity contribution is 0.462. The Morgan fingerprint density at radius 2 is 1.67 bits per heavy atom. The van der Waals surface area contributed by atoms with Crippen LogP contribution in [0, 0.1) is 0 Å². The van der Waals surface area contributed by atoms with E-state index in [1.807, 2.05) is 24.8 Å². The van der Waals surface area contributed by atoms with Gasteiger partial charge in [0.2, 0.25) is 0 Å². The van der Waals surface area contributed by atoms with Gasteiger partial charge in [-0.15, -0.1) is 0 Å². The van der Waals surface area contributed by atoms with Crippen molar-refractivity contribution >= 4 is 0 Å². The van der Waals surface area contributed by atoms with Crippen LogP contribution in [0.1, 0.15) is 17.2 Å². The predicted molar refractivity (Wildman–Crippen MR) is 84.7 cm³/mol. The van der Waals surface area contributed by atoms with E-state index in [1.54, 1.807) is 0 Å². The highest BCUT2D eigenvalue weighted by molar-refractivity contribution is 5.20. The zero-order valence-electron chi connectivity index (χ0n) is 11.9. The number of imidazole rings is 1. The molecule has 3 aromatic rings. The molecule has 0 spiro atoms. The Hall–Kier alpha value is -2.39. The average Bonchev–Trinajstić information content (AvgIpc) is 3.06. The van der Waals surface area contributed by atoms with E-state index in [1.165, 1.54) is 11.1 Å². The molecule has 3 nitrogen and oxygen atoms in total. The van der Waals surface area contributed by atoms with Crippen molar-refractivity contribution in [3.05, 3.63) is 90.5 Å². The molecule has 0 fully saturated rings. The SMILES string of the molecule is c1ccc(CNC(Cn2ccnc2)c2ccccc2)cc1. The summed E-state index contributed by atoms with van der Waals surface area (Å²) in [5.74, 6) is 0. The first-order chi connectivity index (χ1) is 10.4. The Labute approximate surface area is 125 Å². The van der Waals surface area contributed by atoms with E-state index in [2.05, 4.69) is 69.5 Å². The highest BCUT2D eigenvalue weighted by Crippen LogP contribution is 2.16. The molecule has 3 heteroatoms. The number of aromatic nitrogens is 2. The lowest BCUT2D eigenvalue weighted by atomic mass is 10.1. The van der Waals surface area contributed by atoms with Gasteiger partial charge in [0, 0.05) is 25.5 Å². The van der Waals surface area contributed by atoms with Crippen LogP contribution in [0.15, 0.2) is 79.4 Å². The Morgan fingerprint density at radius 1 is 0.952 bits per heavy atom. The summed E-state index contributed by atoms with van der Waals surface area (Å²) in [7, 11) is 0. The Bertz CT molecular complexity index is 633. The van der Waals surface area contributed by atoms with E-state index < -0.39 is 0 Å². The zero-order chi connectivity index (χ0) is 14.3. The van der Waals surface area contributed by atoms with Crippen molar-refractivity contribution < 1.29 is 0 Å². The summed E-state index contributed by atoms with van der Waals surface area (Å²) in [6, 6.07) is 21.3. The van der Waals surface area contributed by atoms with E-state index in [9.17, 15) is 0 Å². The van der Waals surface area contributed by atoms with Crippen molar-refractivity contribution in [3.63, 3.8) is 0 Å². The summed E-state index contributed by atoms with van der Waals surface area (Å²) in [6.07, 6.45) is 5.68. The Balaban J connectivity index is 1.73. The van der Waals surface area contributed by atoms with Gasteiger partial charge in [0.05, 0.1) is 12.4 Å². The van der Waals surface area contributed by atoms with Gasteiger partial charge in [-0.25, -0.2) is 4.98 Å². The van der Waals surface area contributed by atoms with E-state index in [0.29, 0.717) is 0 Å². The maximum absolute atomic E-state index is 4.12. The first-order valence-corrected chi connectivity index (χ1v) is 7.20. The van der Waals surface area contributed by atoms with Crippen LogP contribution in [0.2, 0.25) is 0 Å².